The SMILES string of the molecule is FC(F)(F)c1cccc(Cc2ccnc(Cl)c2)c1. The van der Waals surface area contributed by atoms with E-state index in [4.69, 9.17) is 11.6 Å². The summed E-state index contributed by atoms with van der Waals surface area (Å²) in [4.78, 5) is 3.82. The fraction of sp³-hybridized carbons (Fsp3) is 0.154. The number of hydrogen-bond donors (Lipinski definition) is 0. The van der Waals surface area contributed by atoms with Crippen molar-refractivity contribution in [2.75, 3.05) is 0 Å². The van der Waals surface area contributed by atoms with Crippen LogP contribution in [0.15, 0.2) is 42.6 Å². The minimum Gasteiger partial charge on any atom is -0.245 e. The Hall–Kier alpha value is -1.55. The van der Waals surface area contributed by atoms with Crippen molar-refractivity contribution in [2.24, 2.45) is 0 Å². The molecule has 0 aliphatic heterocycles. The maximum Gasteiger partial charge on any atom is 0.416 e. The molecule has 1 heterocycles. The van der Waals surface area contributed by atoms with Gasteiger partial charge in [-0.1, -0.05) is 29.8 Å². The van der Waals surface area contributed by atoms with Crippen LogP contribution in [0.5, 0.6) is 0 Å². The van der Waals surface area contributed by atoms with E-state index in [-0.39, 0.29) is 0 Å². The lowest BCUT2D eigenvalue weighted by molar-refractivity contribution is -0.137. The van der Waals surface area contributed by atoms with Crippen molar-refractivity contribution in [3.8, 4) is 0 Å². The molecular formula is C13H9ClF3N. The molecule has 1 nitrogen and oxygen atoms in total. The molecule has 1 aromatic carbocycles. The average molecular weight is 272 g/mol. The van der Waals surface area contributed by atoms with Crippen LogP contribution in [-0.2, 0) is 12.6 Å². The van der Waals surface area contributed by atoms with E-state index in [2.05, 4.69) is 4.98 Å². The van der Waals surface area contributed by atoms with E-state index in [9.17, 15) is 13.2 Å². The van der Waals surface area contributed by atoms with E-state index in [1.54, 1.807) is 18.2 Å². The van der Waals surface area contributed by atoms with Gasteiger partial charge < -0.3 is 0 Å². The number of alkyl halides is 3. The molecule has 0 atom stereocenters. The molecule has 0 aliphatic carbocycles. The molecule has 0 saturated heterocycles. The van der Waals surface area contributed by atoms with Crippen molar-refractivity contribution >= 4 is 11.6 Å². The van der Waals surface area contributed by atoms with Crippen LogP contribution >= 0.6 is 11.6 Å². The first-order valence-electron chi connectivity index (χ1n) is 5.22. The summed E-state index contributed by atoms with van der Waals surface area (Å²) in [5, 5.41) is 0.333. The zero-order chi connectivity index (χ0) is 13.2. The van der Waals surface area contributed by atoms with Gasteiger partial charge in [-0.25, -0.2) is 4.98 Å². The molecular weight excluding hydrogens is 263 g/mol. The minimum absolute atomic E-state index is 0.333. The lowest BCUT2D eigenvalue weighted by Crippen LogP contribution is -2.05. The van der Waals surface area contributed by atoms with Gasteiger partial charge in [-0.3, -0.25) is 0 Å². The van der Waals surface area contributed by atoms with Crippen LogP contribution in [0.25, 0.3) is 0 Å². The number of aromatic nitrogens is 1. The summed E-state index contributed by atoms with van der Waals surface area (Å²) in [7, 11) is 0. The summed E-state index contributed by atoms with van der Waals surface area (Å²) in [5.74, 6) is 0. The molecule has 2 rings (SSSR count). The summed E-state index contributed by atoms with van der Waals surface area (Å²) >= 11 is 5.72. The lowest BCUT2D eigenvalue weighted by Gasteiger charge is -2.08. The van der Waals surface area contributed by atoms with Crippen molar-refractivity contribution < 1.29 is 13.2 Å². The van der Waals surface area contributed by atoms with Crippen LogP contribution in [0, 0.1) is 0 Å². The second kappa shape index (κ2) is 4.98. The maximum atomic E-state index is 12.5. The summed E-state index contributed by atoms with van der Waals surface area (Å²) in [6.45, 7) is 0. The van der Waals surface area contributed by atoms with Crippen molar-refractivity contribution in [3.05, 3.63) is 64.4 Å². The third-order valence-electron chi connectivity index (χ3n) is 2.45. The standard InChI is InChI=1S/C13H9ClF3N/c14-12-8-10(4-5-18-12)6-9-2-1-3-11(7-9)13(15,16)17/h1-5,7-8H,6H2. The Kier molecular flexibility index (Phi) is 3.57. The zero-order valence-corrected chi connectivity index (χ0v) is 9.96. The third kappa shape index (κ3) is 3.23. The van der Waals surface area contributed by atoms with Crippen molar-refractivity contribution in [1.29, 1.82) is 0 Å². The normalized spacial score (nSPS) is 11.6. The van der Waals surface area contributed by atoms with Gasteiger partial charge in [-0.2, -0.15) is 13.2 Å². The molecule has 5 heteroatoms. The maximum absolute atomic E-state index is 12.5. The Balaban J connectivity index is 2.25. The number of halogens is 4. The van der Waals surface area contributed by atoms with Gasteiger partial charge in [0.25, 0.3) is 0 Å². The van der Waals surface area contributed by atoms with E-state index in [1.807, 2.05) is 0 Å². The Labute approximate surface area is 107 Å². The van der Waals surface area contributed by atoms with E-state index in [0.717, 1.165) is 17.7 Å². The Morgan fingerprint density at radius 2 is 1.78 bits per heavy atom. The fourth-order valence-corrected chi connectivity index (χ4v) is 1.84. The number of nitrogens with zero attached hydrogens (tertiary/aromatic N) is 1. The largest absolute Gasteiger partial charge is 0.416 e. The molecule has 0 saturated carbocycles. The van der Waals surface area contributed by atoms with Gasteiger partial charge in [0.05, 0.1) is 5.56 Å². The number of hydrogen-bond acceptors (Lipinski definition) is 1. The quantitative estimate of drug-likeness (QED) is 0.740. The highest BCUT2D eigenvalue weighted by atomic mass is 35.5. The molecule has 0 amide bonds. The van der Waals surface area contributed by atoms with Crippen LogP contribution in [0.4, 0.5) is 13.2 Å². The molecule has 2 aromatic rings. The molecule has 0 spiro atoms. The van der Waals surface area contributed by atoms with Crippen LogP contribution in [0.2, 0.25) is 5.15 Å². The van der Waals surface area contributed by atoms with Crippen LogP contribution < -0.4 is 0 Å². The van der Waals surface area contributed by atoms with Gasteiger partial charge in [0.2, 0.25) is 0 Å². The Morgan fingerprint density at radius 3 is 2.44 bits per heavy atom. The second-order valence-electron chi connectivity index (χ2n) is 3.86. The smallest absolute Gasteiger partial charge is 0.245 e. The first-order chi connectivity index (χ1) is 8.45. The predicted molar refractivity (Wildman–Crippen MR) is 63.5 cm³/mol. The monoisotopic (exact) mass is 271 g/mol. The van der Waals surface area contributed by atoms with Crippen molar-refractivity contribution in [2.45, 2.75) is 12.6 Å². The molecule has 0 N–H and O–H groups in total. The third-order valence-corrected chi connectivity index (χ3v) is 2.66. The van der Waals surface area contributed by atoms with Crippen molar-refractivity contribution in [1.82, 2.24) is 4.98 Å². The van der Waals surface area contributed by atoms with Crippen LogP contribution in [0.1, 0.15) is 16.7 Å². The van der Waals surface area contributed by atoms with Gasteiger partial charge in [0.1, 0.15) is 5.15 Å². The molecule has 0 radical (unpaired) electrons. The molecule has 18 heavy (non-hydrogen) atoms. The van der Waals surface area contributed by atoms with Crippen LogP contribution in [0.3, 0.4) is 0 Å². The topological polar surface area (TPSA) is 12.9 Å². The molecule has 1 aromatic heterocycles. The molecule has 0 bridgehead atoms. The van der Waals surface area contributed by atoms with E-state index in [0.29, 0.717) is 17.1 Å². The highest BCUT2D eigenvalue weighted by Gasteiger charge is 2.30. The van der Waals surface area contributed by atoms with E-state index < -0.39 is 11.7 Å². The van der Waals surface area contributed by atoms with Gasteiger partial charge >= 0.3 is 6.18 Å². The first-order valence-corrected chi connectivity index (χ1v) is 5.59. The number of rotatable bonds is 2. The number of benzene rings is 1. The summed E-state index contributed by atoms with van der Waals surface area (Å²) in [6, 6.07) is 8.63. The second-order valence-corrected chi connectivity index (χ2v) is 4.25. The summed E-state index contributed by atoms with van der Waals surface area (Å²) < 4.78 is 37.6. The predicted octanol–water partition coefficient (Wildman–Crippen LogP) is 4.34. The zero-order valence-electron chi connectivity index (χ0n) is 9.21. The van der Waals surface area contributed by atoms with Gasteiger partial charge in [-0.15, -0.1) is 0 Å². The van der Waals surface area contributed by atoms with Gasteiger partial charge in [0, 0.05) is 6.20 Å². The van der Waals surface area contributed by atoms with E-state index >= 15 is 0 Å². The average Bonchev–Trinajstić information content (AvgIpc) is 2.28. The Morgan fingerprint density at radius 1 is 1.06 bits per heavy atom. The fourth-order valence-electron chi connectivity index (χ4n) is 1.65. The molecule has 0 unspecified atom stereocenters. The van der Waals surface area contributed by atoms with Gasteiger partial charge in [-0.05, 0) is 35.7 Å². The van der Waals surface area contributed by atoms with Crippen molar-refractivity contribution in [3.63, 3.8) is 0 Å². The molecule has 0 aliphatic rings. The lowest BCUT2D eigenvalue weighted by atomic mass is 10.0. The van der Waals surface area contributed by atoms with E-state index in [1.165, 1.54) is 12.3 Å². The first kappa shape index (κ1) is 12.9. The minimum atomic E-state index is -4.31. The summed E-state index contributed by atoms with van der Waals surface area (Å²) in [6.07, 6.45) is -2.39. The van der Waals surface area contributed by atoms with Crippen LogP contribution in [-0.4, -0.2) is 4.98 Å². The number of pyridine rings is 1. The molecule has 0 fully saturated rings. The summed E-state index contributed by atoms with van der Waals surface area (Å²) in [5.41, 5.74) is 0.779. The highest BCUT2D eigenvalue weighted by Crippen LogP contribution is 2.30. The Bertz CT molecular complexity index is 552. The highest BCUT2D eigenvalue weighted by molar-refractivity contribution is 6.29. The molecule has 94 valence electrons. The van der Waals surface area contributed by atoms with Gasteiger partial charge in [0.15, 0.2) is 0 Å².